The number of hydrogen-bond donors (Lipinski definition) is 1. The summed E-state index contributed by atoms with van der Waals surface area (Å²) in [4.78, 5) is 4.98. The van der Waals surface area contributed by atoms with Crippen LogP contribution in [0.1, 0.15) is 25.8 Å². The third kappa shape index (κ3) is 3.50. The number of halogens is 1. The molecule has 1 aromatic carbocycles. The number of rotatable bonds is 4. The number of nitrogens with zero attached hydrogens (tertiary/aromatic N) is 2. The van der Waals surface area contributed by atoms with Crippen LogP contribution in [0.4, 0.5) is 5.69 Å². The molecule has 106 valence electrons. The molecule has 2 rings (SSSR count). The standard InChI is InChI=1S/C15H23BrN2O/c1-3-12(2)17-6-8-18(9-7-17)14-5-4-13(11-19)15(16)10-14/h4-5,10,12,19H,3,6-9,11H2,1-2H3. The number of piperazine rings is 1. The Bertz CT molecular complexity index is 417. The molecule has 4 heteroatoms. The van der Waals surface area contributed by atoms with E-state index in [4.69, 9.17) is 0 Å². The van der Waals surface area contributed by atoms with E-state index in [9.17, 15) is 5.11 Å². The Morgan fingerprint density at radius 1 is 1.26 bits per heavy atom. The van der Waals surface area contributed by atoms with Crippen LogP contribution >= 0.6 is 15.9 Å². The molecule has 1 fully saturated rings. The fraction of sp³-hybridized carbons (Fsp3) is 0.600. The molecule has 1 unspecified atom stereocenters. The molecule has 0 aromatic heterocycles. The van der Waals surface area contributed by atoms with Gasteiger partial charge in [-0.15, -0.1) is 0 Å². The van der Waals surface area contributed by atoms with Crippen LogP contribution in [0.3, 0.4) is 0 Å². The molecule has 0 amide bonds. The summed E-state index contributed by atoms with van der Waals surface area (Å²) in [5, 5.41) is 9.19. The van der Waals surface area contributed by atoms with Crippen molar-refractivity contribution < 1.29 is 5.11 Å². The Labute approximate surface area is 124 Å². The lowest BCUT2D eigenvalue weighted by Crippen LogP contribution is -2.49. The van der Waals surface area contributed by atoms with Crippen molar-refractivity contribution in [3.05, 3.63) is 28.2 Å². The summed E-state index contributed by atoms with van der Waals surface area (Å²) in [6.07, 6.45) is 1.22. The maximum Gasteiger partial charge on any atom is 0.0692 e. The van der Waals surface area contributed by atoms with E-state index in [2.05, 4.69) is 51.7 Å². The summed E-state index contributed by atoms with van der Waals surface area (Å²) in [5.41, 5.74) is 2.19. The summed E-state index contributed by atoms with van der Waals surface area (Å²) >= 11 is 3.52. The van der Waals surface area contributed by atoms with Crippen LogP contribution in [0.25, 0.3) is 0 Å². The third-order valence-electron chi connectivity index (χ3n) is 4.10. The summed E-state index contributed by atoms with van der Waals surface area (Å²) in [6, 6.07) is 6.91. The molecule has 0 saturated carbocycles. The first-order valence-corrected chi connectivity index (χ1v) is 7.83. The van der Waals surface area contributed by atoms with Gasteiger partial charge in [0.25, 0.3) is 0 Å². The van der Waals surface area contributed by atoms with E-state index in [1.807, 2.05) is 6.07 Å². The molecule has 1 heterocycles. The minimum atomic E-state index is 0.0860. The number of anilines is 1. The van der Waals surface area contributed by atoms with Gasteiger partial charge in [0.2, 0.25) is 0 Å². The van der Waals surface area contributed by atoms with Gasteiger partial charge in [0.1, 0.15) is 0 Å². The molecule has 19 heavy (non-hydrogen) atoms. The highest BCUT2D eigenvalue weighted by Gasteiger charge is 2.20. The van der Waals surface area contributed by atoms with Crippen LogP contribution in [0, 0.1) is 0 Å². The molecule has 1 atom stereocenters. The maximum atomic E-state index is 9.19. The summed E-state index contributed by atoms with van der Waals surface area (Å²) < 4.78 is 0.997. The van der Waals surface area contributed by atoms with Gasteiger partial charge in [-0.25, -0.2) is 0 Å². The molecule has 3 nitrogen and oxygen atoms in total. The number of aliphatic hydroxyl groups excluding tert-OH is 1. The van der Waals surface area contributed by atoms with Crippen LogP contribution in [0.5, 0.6) is 0 Å². The predicted octanol–water partition coefficient (Wildman–Crippen LogP) is 2.86. The van der Waals surface area contributed by atoms with Gasteiger partial charge >= 0.3 is 0 Å². The Kier molecular flexibility index (Phi) is 5.25. The fourth-order valence-corrected chi connectivity index (χ4v) is 3.03. The molecular weight excluding hydrogens is 304 g/mol. The van der Waals surface area contributed by atoms with Crippen molar-refractivity contribution in [1.29, 1.82) is 0 Å². The van der Waals surface area contributed by atoms with Gasteiger partial charge in [0.05, 0.1) is 6.61 Å². The van der Waals surface area contributed by atoms with Gasteiger partial charge in [-0.3, -0.25) is 4.90 Å². The molecule has 1 saturated heterocycles. The number of benzene rings is 1. The average Bonchev–Trinajstić information content (AvgIpc) is 2.46. The molecule has 0 spiro atoms. The third-order valence-corrected chi connectivity index (χ3v) is 4.84. The molecule has 1 aliphatic heterocycles. The van der Waals surface area contributed by atoms with Crippen molar-refractivity contribution in [3.63, 3.8) is 0 Å². The van der Waals surface area contributed by atoms with Crippen LogP contribution in [-0.4, -0.2) is 42.2 Å². The molecule has 1 aromatic rings. The quantitative estimate of drug-likeness (QED) is 0.921. The second kappa shape index (κ2) is 6.73. The van der Waals surface area contributed by atoms with Crippen LogP contribution < -0.4 is 4.90 Å². The lowest BCUT2D eigenvalue weighted by atomic mass is 10.1. The number of hydrogen-bond acceptors (Lipinski definition) is 3. The van der Waals surface area contributed by atoms with Crippen LogP contribution in [0.2, 0.25) is 0 Å². The second-order valence-corrected chi connectivity index (χ2v) is 6.07. The zero-order valence-corrected chi connectivity index (χ0v) is 13.4. The molecule has 0 radical (unpaired) electrons. The number of aliphatic hydroxyl groups is 1. The van der Waals surface area contributed by atoms with Gasteiger partial charge in [-0.05, 0) is 31.0 Å². The van der Waals surface area contributed by atoms with Crippen LogP contribution in [-0.2, 0) is 6.61 Å². The molecule has 0 aliphatic carbocycles. The van der Waals surface area contributed by atoms with Crippen molar-refractivity contribution in [2.75, 3.05) is 31.1 Å². The highest BCUT2D eigenvalue weighted by Crippen LogP contribution is 2.25. The zero-order valence-electron chi connectivity index (χ0n) is 11.8. The van der Waals surface area contributed by atoms with Crippen molar-refractivity contribution in [2.24, 2.45) is 0 Å². The largest absolute Gasteiger partial charge is 0.392 e. The van der Waals surface area contributed by atoms with E-state index in [0.717, 1.165) is 36.2 Å². The molecular formula is C15H23BrN2O. The monoisotopic (exact) mass is 326 g/mol. The van der Waals surface area contributed by atoms with E-state index >= 15 is 0 Å². The lowest BCUT2D eigenvalue weighted by Gasteiger charge is -2.39. The Morgan fingerprint density at radius 3 is 2.47 bits per heavy atom. The fourth-order valence-electron chi connectivity index (χ4n) is 2.54. The first kappa shape index (κ1) is 14.8. The summed E-state index contributed by atoms with van der Waals surface area (Å²) in [6.45, 7) is 9.07. The van der Waals surface area contributed by atoms with E-state index < -0.39 is 0 Å². The van der Waals surface area contributed by atoms with E-state index in [0.29, 0.717) is 6.04 Å². The lowest BCUT2D eigenvalue weighted by molar-refractivity contribution is 0.193. The summed E-state index contributed by atoms with van der Waals surface area (Å²) in [5.74, 6) is 0. The highest BCUT2D eigenvalue weighted by molar-refractivity contribution is 9.10. The van der Waals surface area contributed by atoms with Gasteiger partial charge in [0.15, 0.2) is 0 Å². The van der Waals surface area contributed by atoms with E-state index in [-0.39, 0.29) is 6.61 Å². The first-order valence-electron chi connectivity index (χ1n) is 7.04. The van der Waals surface area contributed by atoms with E-state index in [1.54, 1.807) is 0 Å². The van der Waals surface area contributed by atoms with Crippen molar-refractivity contribution in [1.82, 2.24) is 4.90 Å². The van der Waals surface area contributed by atoms with Gasteiger partial charge in [-0.1, -0.05) is 28.9 Å². The average molecular weight is 327 g/mol. The first-order chi connectivity index (χ1) is 9.15. The molecule has 1 aliphatic rings. The maximum absolute atomic E-state index is 9.19. The van der Waals surface area contributed by atoms with Crippen molar-refractivity contribution in [2.45, 2.75) is 32.9 Å². The van der Waals surface area contributed by atoms with Crippen LogP contribution in [0.15, 0.2) is 22.7 Å². The smallest absolute Gasteiger partial charge is 0.0692 e. The molecule has 1 N–H and O–H groups in total. The van der Waals surface area contributed by atoms with E-state index in [1.165, 1.54) is 12.1 Å². The minimum Gasteiger partial charge on any atom is -0.392 e. The van der Waals surface area contributed by atoms with Gasteiger partial charge in [0, 0.05) is 42.4 Å². The summed E-state index contributed by atoms with van der Waals surface area (Å²) in [7, 11) is 0. The Balaban J connectivity index is 1.99. The minimum absolute atomic E-state index is 0.0860. The topological polar surface area (TPSA) is 26.7 Å². The Hall–Kier alpha value is -0.580. The van der Waals surface area contributed by atoms with Gasteiger partial charge in [-0.2, -0.15) is 0 Å². The normalized spacial score (nSPS) is 18.6. The second-order valence-electron chi connectivity index (χ2n) is 5.21. The zero-order chi connectivity index (χ0) is 13.8. The predicted molar refractivity (Wildman–Crippen MR) is 83.6 cm³/mol. The van der Waals surface area contributed by atoms with Crippen molar-refractivity contribution in [3.8, 4) is 0 Å². The SMILES string of the molecule is CCC(C)N1CCN(c2ccc(CO)c(Br)c2)CC1. The van der Waals surface area contributed by atoms with Crippen molar-refractivity contribution >= 4 is 21.6 Å². The van der Waals surface area contributed by atoms with Gasteiger partial charge < -0.3 is 10.0 Å². The Morgan fingerprint density at radius 2 is 1.95 bits per heavy atom. The molecule has 0 bridgehead atoms. The highest BCUT2D eigenvalue weighted by atomic mass is 79.9.